The van der Waals surface area contributed by atoms with Gasteiger partial charge in [0.1, 0.15) is 12.9 Å². The van der Waals surface area contributed by atoms with Gasteiger partial charge >= 0.3 is 12.1 Å². The average Bonchev–Trinajstić information content (AvgIpc) is 3.26. The van der Waals surface area contributed by atoms with Gasteiger partial charge < -0.3 is 20.2 Å². The highest BCUT2D eigenvalue weighted by atomic mass is 32.2. The Hall–Kier alpha value is -3.71. The highest BCUT2D eigenvalue weighted by Crippen LogP contribution is 2.34. The number of anilines is 2. The van der Waals surface area contributed by atoms with E-state index in [0.29, 0.717) is 23.2 Å². The lowest BCUT2D eigenvalue weighted by Crippen LogP contribution is -2.43. The summed E-state index contributed by atoms with van der Waals surface area (Å²) >= 11 is 0.584. The molecule has 3 aromatic rings. The van der Waals surface area contributed by atoms with E-state index in [1.807, 2.05) is 0 Å². The smallest absolute Gasteiger partial charge is 0.416 e. The molecule has 0 saturated carbocycles. The van der Waals surface area contributed by atoms with E-state index in [2.05, 4.69) is 10.0 Å². The number of nitrogens with two attached hydrogens (primary N) is 1. The molecule has 13 heteroatoms. The zero-order chi connectivity index (χ0) is 29.0. The van der Waals surface area contributed by atoms with Gasteiger partial charge in [-0.25, -0.2) is 4.72 Å². The van der Waals surface area contributed by atoms with Crippen molar-refractivity contribution in [1.82, 2.24) is 9.29 Å². The van der Waals surface area contributed by atoms with Gasteiger partial charge in [-0.05, 0) is 57.0 Å². The quantitative estimate of drug-likeness (QED) is 0.161. The van der Waals surface area contributed by atoms with Gasteiger partial charge in [0.05, 0.1) is 34.4 Å². The van der Waals surface area contributed by atoms with E-state index in [-0.39, 0.29) is 30.1 Å². The van der Waals surface area contributed by atoms with E-state index in [4.69, 9.17) is 20.3 Å². The van der Waals surface area contributed by atoms with Gasteiger partial charge in [-0.15, -0.1) is 0 Å². The fourth-order valence-electron chi connectivity index (χ4n) is 3.44. The highest BCUT2D eigenvalue weighted by Gasteiger charge is 2.36. The molecule has 0 saturated heterocycles. The zero-order valence-corrected chi connectivity index (χ0v) is 22.6. The molecule has 39 heavy (non-hydrogen) atoms. The summed E-state index contributed by atoms with van der Waals surface area (Å²) in [6.07, 6.45) is -1.67. The Balaban J connectivity index is 1.83. The summed E-state index contributed by atoms with van der Waals surface area (Å²) in [4.78, 5) is 25.4. The van der Waals surface area contributed by atoms with Crippen LogP contribution in [0, 0.1) is 10.8 Å². The lowest BCUT2D eigenvalue weighted by molar-refractivity contribution is -0.155. The van der Waals surface area contributed by atoms with Gasteiger partial charge in [0.25, 0.3) is 10.9 Å². The van der Waals surface area contributed by atoms with Gasteiger partial charge in [-0.1, -0.05) is 24.3 Å². The topological polar surface area (TPSA) is 135 Å². The van der Waals surface area contributed by atoms with Gasteiger partial charge in [0.15, 0.2) is 0 Å². The Labute approximate surface area is 227 Å². The minimum Gasteiger partial charge on any atom is -0.463 e. The van der Waals surface area contributed by atoms with Crippen LogP contribution in [0.3, 0.4) is 0 Å². The van der Waals surface area contributed by atoms with Crippen molar-refractivity contribution in [3.63, 3.8) is 0 Å². The summed E-state index contributed by atoms with van der Waals surface area (Å²) < 4.78 is 55.0. The lowest BCUT2D eigenvalue weighted by Gasteiger charge is -2.32. The Morgan fingerprint density at radius 2 is 1.77 bits per heavy atom. The molecule has 0 radical (unpaired) electrons. The van der Waals surface area contributed by atoms with Gasteiger partial charge in [0, 0.05) is 18.1 Å². The second-order valence-electron chi connectivity index (χ2n) is 10.1. The van der Waals surface area contributed by atoms with Crippen molar-refractivity contribution in [2.75, 3.05) is 17.7 Å². The number of benzene rings is 2. The van der Waals surface area contributed by atoms with Crippen molar-refractivity contribution in [1.29, 1.82) is 5.41 Å². The van der Waals surface area contributed by atoms with Crippen LogP contribution < -0.4 is 21.5 Å². The molecule has 3 rings (SSSR count). The third-order valence-electron chi connectivity index (χ3n) is 5.73. The van der Waals surface area contributed by atoms with Crippen LogP contribution in [0.15, 0.2) is 59.3 Å². The van der Waals surface area contributed by atoms with Crippen LogP contribution >= 0.6 is 11.9 Å². The molecule has 1 atom stereocenters. The molecule has 1 heterocycles. The first-order valence-electron chi connectivity index (χ1n) is 11.8. The van der Waals surface area contributed by atoms with Crippen LogP contribution in [0.25, 0.3) is 0 Å². The highest BCUT2D eigenvalue weighted by molar-refractivity contribution is 8.12. The minimum atomic E-state index is -4.59. The monoisotopic (exact) mass is 565 g/mol. The van der Waals surface area contributed by atoms with E-state index in [1.165, 1.54) is 29.9 Å². The largest absolute Gasteiger partial charge is 0.463 e. The van der Waals surface area contributed by atoms with Crippen LogP contribution in [-0.4, -0.2) is 22.4 Å². The molecule has 210 valence electrons. The number of hydrogen-bond acceptors (Lipinski definition) is 8. The number of carbonyl (C=O) groups is 2. The number of amides is 1. The molecule has 1 amide bonds. The van der Waals surface area contributed by atoms with Crippen molar-refractivity contribution < 1.29 is 31.9 Å². The molecule has 2 aromatic carbocycles. The summed E-state index contributed by atoms with van der Waals surface area (Å²) in [5.74, 6) is -0.552. The third kappa shape index (κ3) is 7.67. The molecule has 1 unspecified atom stereocenters. The molecular formula is C26H30F3N5O4S. The molecule has 5 N–H and O–H groups in total. The van der Waals surface area contributed by atoms with Crippen LogP contribution in [0.1, 0.15) is 44.4 Å². The number of aromatic nitrogens is 1. The first kappa shape index (κ1) is 29.8. The SMILES string of the molecule is CC(C)(C)C(=O)OCC(C)(NSC(=O)Nc1c(N)cccc1Cn1ccoc1=N)c1cccc(C(F)(F)F)c1. The maximum absolute atomic E-state index is 13.4. The second-order valence-corrected chi connectivity index (χ2v) is 10.8. The summed E-state index contributed by atoms with van der Waals surface area (Å²) in [6.45, 7) is 6.34. The van der Waals surface area contributed by atoms with Crippen molar-refractivity contribution in [2.24, 2.45) is 5.41 Å². The van der Waals surface area contributed by atoms with Crippen molar-refractivity contribution in [2.45, 2.75) is 46.0 Å². The molecule has 0 bridgehead atoms. The van der Waals surface area contributed by atoms with E-state index >= 15 is 0 Å². The van der Waals surface area contributed by atoms with Crippen LogP contribution in [0.2, 0.25) is 0 Å². The standard InChI is InChI=1S/C26H30F3N5O4S/c1-24(2,3)21(35)38-15-25(4,17-8-6-9-18(13-17)26(27,28)29)33-39-23(36)32-20-16(7-5-10-19(20)30)14-34-11-12-37-22(34)31/h5-13,31,33H,14-15,30H2,1-4H3,(H,32,36). The van der Waals surface area contributed by atoms with Crippen LogP contribution in [0.5, 0.6) is 0 Å². The number of nitrogen functional groups attached to an aromatic ring is 1. The first-order chi connectivity index (χ1) is 18.1. The Morgan fingerprint density at radius 1 is 1.10 bits per heavy atom. The Kier molecular flexibility index (Phi) is 8.86. The predicted molar refractivity (Wildman–Crippen MR) is 141 cm³/mol. The van der Waals surface area contributed by atoms with Crippen molar-refractivity contribution in [3.05, 3.63) is 77.3 Å². The zero-order valence-electron chi connectivity index (χ0n) is 21.8. The number of oxazole rings is 1. The summed E-state index contributed by atoms with van der Waals surface area (Å²) in [5, 5.41) is 9.89. The number of hydrogen-bond donors (Lipinski definition) is 4. The van der Waals surface area contributed by atoms with Crippen LogP contribution in [0.4, 0.5) is 29.3 Å². The molecule has 9 nitrogen and oxygen atoms in total. The lowest BCUT2D eigenvalue weighted by atomic mass is 9.92. The molecular weight excluding hydrogens is 535 g/mol. The summed E-state index contributed by atoms with van der Waals surface area (Å²) in [5.41, 5.74) is 4.27. The molecule has 0 fully saturated rings. The maximum Gasteiger partial charge on any atom is 0.416 e. The molecule has 1 aromatic heterocycles. The van der Waals surface area contributed by atoms with Crippen molar-refractivity contribution >= 4 is 34.5 Å². The van der Waals surface area contributed by atoms with Crippen molar-refractivity contribution in [3.8, 4) is 0 Å². The number of ether oxygens (including phenoxy) is 1. The molecule has 0 aliphatic carbocycles. The number of halogens is 3. The number of nitrogens with one attached hydrogen (secondary N) is 3. The predicted octanol–water partition coefficient (Wildman–Crippen LogP) is 5.48. The number of rotatable bonds is 8. The van der Waals surface area contributed by atoms with E-state index < -0.39 is 33.9 Å². The van der Waals surface area contributed by atoms with Crippen LogP contribution in [-0.2, 0) is 27.8 Å². The fourth-order valence-corrected chi connectivity index (χ4v) is 4.09. The summed E-state index contributed by atoms with van der Waals surface area (Å²) in [6, 6.07) is 9.61. The third-order valence-corrected chi connectivity index (χ3v) is 6.57. The van der Waals surface area contributed by atoms with Gasteiger partial charge in [-0.2, -0.15) is 13.2 Å². The number of nitrogens with zero attached hydrogens (tertiary/aromatic N) is 1. The first-order valence-corrected chi connectivity index (χ1v) is 12.6. The summed E-state index contributed by atoms with van der Waals surface area (Å²) in [7, 11) is 0. The fraction of sp³-hybridized carbons (Fsp3) is 0.346. The Bertz CT molecular complexity index is 1400. The van der Waals surface area contributed by atoms with E-state index in [9.17, 15) is 22.8 Å². The normalized spacial score (nSPS) is 13.5. The van der Waals surface area contributed by atoms with E-state index in [0.717, 1.165) is 12.1 Å². The number of esters is 1. The Morgan fingerprint density at radius 3 is 2.38 bits per heavy atom. The average molecular weight is 566 g/mol. The van der Waals surface area contributed by atoms with E-state index in [1.54, 1.807) is 45.2 Å². The van der Waals surface area contributed by atoms with Gasteiger partial charge in [0.2, 0.25) is 0 Å². The number of carbonyl (C=O) groups excluding carboxylic acids is 2. The number of para-hydroxylation sites is 1. The maximum atomic E-state index is 13.4. The number of alkyl halides is 3. The second kappa shape index (κ2) is 11.6. The molecule has 0 spiro atoms. The molecule has 0 aliphatic rings. The minimum absolute atomic E-state index is 0.0904. The molecule has 0 aliphatic heterocycles. The van der Waals surface area contributed by atoms with Gasteiger partial charge in [-0.3, -0.25) is 19.6 Å².